The first kappa shape index (κ1) is 16.5. The SMILES string of the molecule is Cn1nc(C(C)(C)C)cc1C(=O)N1CCC(O)(C(=O)O)CC1. The number of nitrogens with zero attached hydrogens (tertiary/aromatic N) is 3. The Morgan fingerprint density at radius 2 is 1.82 bits per heavy atom. The van der Waals surface area contributed by atoms with Crippen LogP contribution in [0.1, 0.15) is 49.8 Å². The van der Waals surface area contributed by atoms with E-state index >= 15 is 0 Å². The number of carboxylic acid groups (broad SMARTS) is 1. The fourth-order valence-electron chi connectivity index (χ4n) is 2.49. The minimum atomic E-state index is -1.72. The van der Waals surface area contributed by atoms with Crippen LogP contribution in [0, 0.1) is 0 Å². The largest absolute Gasteiger partial charge is 0.479 e. The second-order valence-electron chi connectivity index (χ2n) is 6.92. The van der Waals surface area contributed by atoms with Crippen molar-refractivity contribution in [1.29, 1.82) is 0 Å². The Labute approximate surface area is 129 Å². The maximum absolute atomic E-state index is 12.6. The van der Waals surface area contributed by atoms with Gasteiger partial charge in [0.25, 0.3) is 5.91 Å². The van der Waals surface area contributed by atoms with Crippen LogP contribution in [0.4, 0.5) is 0 Å². The summed E-state index contributed by atoms with van der Waals surface area (Å²) < 4.78 is 1.56. The molecule has 1 aliphatic heterocycles. The van der Waals surface area contributed by atoms with E-state index in [1.54, 1.807) is 22.7 Å². The molecular formula is C15H23N3O4. The molecule has 1 amide bonds. The minimum absolute atomic E-state index is 0.0397. The van der Waals surface area contributed by atoms with E-state index in [1.165, 1.54) is 0 Å². The second kappa shape index (κ2) is 5.39. The van der Waals surface area contributed by atoms with Crippen molar-refractivity contribution in [3.05, 3.63) is 17.5 Å². The zero-order valence-electron chi connectivity index (χ0n) is 13.5. The maximum atomic E-state index is 12.6. The third kappa shape index (κ3) is 2.99. The maximum Gasteiger partial charge on any atom is 0.335 e. The first-order valence-corrected chi connectivity index (χ1v) is 7.34. The van der Waals surface area contributed by atoms with E-state index in [1.807, 2.05) is 20.8 Å². The number of carbonyl (C=O) groups is 2. The van der Waals surface area contributed by atoms with Crippen LogP contribution in [0.15, 0.2) is 6.07 Å². The average Bonchev–Trinajstić information content (AvgIpc) is 2.81. The normalized spacial score (nSPS) is 18.3. The van der Waals surface area contributed by atoms with Crippen LogP contribution in [0.25, 0.3) is 0 Å². The van der Waals surface area contributed by atoms with E-state index in [9.17, 15) is 14.7 Å². The third-order valence-electron chi connectivity index (χ3n) is 4.14. The molecule has 2 N–H and O–H groups in total. The van der Waals surface area contributed by atoms with Crippen LogP contribution < -0.4 is 0 Å². The van der Waals surface area contributed by atoms with Crippen LogP contribution in [-0.2, 0) is 17.3 Å². The van der Waals surface area contributed by atoms with Gasteiger partial charge in [0.1, 0.15) is 5.69 Å². The van der Waals surface area contributed by atoms with E-state index in [2.05, 4.69) is 5.10 Å². The number of likely N-dealkylation sites (tertiary alicyclic amines) is 1. The van der Waals surface area contributed by atoms with Gasteiger partial charge in [-0.2, -0.15) is 5.10 Å². The van der Waals surface area contributed by atoms with Gasteiger partial charge in [-0.05, 0) is 6.07 Å². The van der Waals surface area contributed by atoms with E-state index < -0.39 is 11.6 Å². The molecule has 0 aliphatic carbocycles. The first-order chi connectivity index (χ1) is 10.0. The van der Waals surface area contributed by atoms with E-state index in [0.29, 0.717) is 5.69 Å². The number of carbonyl (C=O) groups excluding carboxylic acids is 1. The Hall–Kier alpha value is -1.89. The van der Waals surface area contributed by atoms with Crippen molar-refractivity contribution in [3.63, 3.8) is 0 Å². The van der Waals surface area contributed by atoms with Crippen LogP contribution in [0.2, 0.25) is 0 Å². The van der Waals surface area contributed by atoms with E-state index in [0.717, 1.165) is 5.69 Å². The first-order valence-electron chi connectivity index (χ1n) is 7.34. The quantitative estimate of drug-likeness (QED) is 0.841. The van der Waals surface area contributed by atoms with Gasteiger partial charge in [-0.1, -0.05) is 20.8 Å². The number of hydrogen-bond acceptors (Lipinski definition) is 4. The van der Waals surface area contributed by atoms with Gasteiger partial charge in [-0.15, -0.1) is 0 Å². The number of hydrogen-bond donors (Lipinski definition) is 2. The molecule has 2 rings (SSSR count). The molecule has 0 radical (unpaired) electrons. The highest BCUT2D eigenvalue weighted by Gasteiger charge is 2.41. The Kier molecular flexibility index (Phi) is 4.04. The second-order valence-corrected chi connectivity index (χ2v) is 6.92. The van der Waals surface area contributed by atoms with Gasteiger partial charge in [0, 0.05) is 38.4 Å². The van der Waals surface area contributed by atoms with Crippen LogP contribution in [0.5, 0.6) is 0 Å². The molecule has 0 atom stereocenters. The van der Waals surface area contributed by atoms with Crippen molar-refractivity contribution in [3.8, 4) is 0 Å². The number of aryl methyl sites for hydroxylation is 1. The molecule has 7 heteroatoms. The van der Waals surface area contributed by atoms with Crippen molar-refractivity contribution < 1.29 is 19.8 Å². The number of rotatable bonds is 2. The minimum Gasteiger partial charge on any atom is -0.479 e. The van der Waals surface area contributed by atoms with Gasteiger partial charge in [-0.25, -0.2) is 4.79 Å². The van der Waals surface area contributed by atoms with Crippen LogP contribution in [0.3, 0.4) is 0 Å². The summed E-state index contributed by atoms with van der Waals surface area (Å²) in [5.41, 5.74) is -0.565. The summed E-state index contributed by atoms with van der Waals surface area (Å²) in [7, 11) is 1.72. The van der Waals surface area contributed by atoms with Crippen molar-refractivity contribution >= 4 is 11.9 Å². The fourth-order valence-corrected chi connectivity index (χ4v) is 2.49. The van der Waals surface area contributed by atoms with E-state index in [-0.39, 0.29) is 37.3 Å². The summed E-state index contributed by atoms with van der Waals surface area (Å²) in [6, 6.07) is 1.78. The lowest BCUT2D eigenvalue weighted by Crippen LogP contribution is -2.51. The molecule has 1 aliphatic rings. The monoisotopic (exact) mass is 309 g/mol. The standard InChI is InChI=1S/C15H23N3O4/c1-14(2,3)11-9-10(17(4)16-11)12(19)18-7-5-15(22,6-8-18)13(20)21/h9,22H,5-8H2,1-4H3,(H,20,21). The molecule has 1 fully saturated rings. The summed E-state index contributed by atoms with van der Waals surface area (Å²) in [5.74, 6) is -1.41. The number of aromatic nitrogens is 2. The van der Waals surface area contributed by atoms with Gasteiger partial charge >= 0.3 is 5.97 Å². The average molecular weight is 309 g/mol. The molecule has 0 saturated carbocycles. The van der Waals surface area contributed by atoms with Crippen molar-refractivity contribution in [2.45, 2.75) is 44.6 Å². The summed E-state index contributed by atoms with van der Waals surface area (Å²) in [6.07, 6.45) is 0.0795. The summed E-state index contributed by atoms with van der Waals surface area (Å²) >= 11 is 0. The molecule has 1 saturated heterocycles. The molecule has 1 aromatic heterocycles. The number of aliphatic carboxylic acids is 1. The molecular weight excluding hydrogens is 286 g/mol. The molecule has 0 unspecified atom stereocenters. The van der Waals surface area contributed by atoms with Gasteiger partial charge in [0.15, 0.2) is 5.60 Å². The van der Waals surface area contributed by atoms with Crippen LogP contribution in [-0.4, -0.2) is 55.5 Å². The molecule has 0 aromatic carbocycles. The Balaban J connectivity index is 2.14. The third-order valence-corrected chi connectivity index (χ3v) is 4.14. The van der Waals surface area contributed by atoms with Crippen molar-refractivity contribution in [1.82, 2.24) is 14.7 Å². The molecule has 122 valence electrons. The zero-order chi connectivity index (χ0) is 16.7. The Bertz CT molecular complexity index is 592. The highest BCUT2D eigenvalue weighted by molar-refractivity contribution is 5.93. The number of aliphatic hydroxyl groups is 1. The Morgan fingerprint density at radius 1 is 1.27 bits per heavy atom. The van der Waals surface area contributed by atoms with Gasteiger partial charge in [0.2, 0.25) is 0 Å². The smallest absolute Gasteiger partial charge is 0.335 e. The molecule has 0 spiro atoms. The lowest BCUT2D eigenvalue weighted by atomic mass is 9.91. The number of amides is 1. The molecule has 7 nitrogen and oxygen atoms in total. The summed E-state index contributed by atoms with van der Waals surface area (Å²) in [6.45, 7) is 6.52. The Morgan fingerprint density at radius 3 is 2.23 bits per heavy atom. The lowest BCUT2D eigenvalue weighted by Gasteiger charge is -2.35. The predicted molar refractivity (Wildman–Crippen MR) is 79.6 cm³/mol. The van der Waals surface area contributed by atoms with Crippen molar-refractivity contribution in [2.24, 2.45) is 7.05 Å². The van der Waals surface area contributed by atoms with Gasteiger partial charge in [-0.3, -0.25) is 9.48 Å². The van der Waals surface area contributed by atoms with Crippen LogP contribution >= 0.6 is 0 Å². The van der Waals surface area contributed by atoms with Gasteiger partial charge < -0.3 is 15.1 Å². The summed E-state index contributed by atoms with van der Waals surface area (Å²) in [5, 5.41) is 23.3. The molecule has 2 heterocycles. The number of carboxylic acids is 1. The van der Waals surface area contributed by atoms with Gasteiger partial charge in [0.05, 0.1) is 5.69 Å². The highest BCUT2D eigenvalue weighted by Crippen LogP contribution is 2.25. The molecule has 1 aromatic rings. The lowest BCUT2D eigenvalue weighted by molar-refractivity contribution is -0.162. The van der Waals surface area contributed by atoms with Crippen molar-refractivity contribution in [2.75, 3.05) is 13.1 Å². The van der Waals surface area contributed by atoms with E-state index in [4.69, 9.17) is 5.11 Å². The fraction of sp³-hybridized carbons (Fsp3) is 0.667. The summed E-state index contributed by atoms with van der Waals surface area (Å²) in [4.78, 5) is 25.2. The highest BCUT2D eigenvalue weighted by atomic mass is 16.4. The molecule has 0 bridgehead atoms. The number of piperidine rings is 1. The zero-order valence-corrected chi connectivity index (χ0v) is 13.5. The predicted octanol–water partition coefficient (Wildman–Crippen LogP) is 0.769. The topological polar surface area (TPSA) is 95.7 Å². The molecule has 22 heavy (non-hydrogen) atoms.